The van der Waals surface area contributed by atoms with Crippen LogP contribution in [0.4, 0.5) is 0 Å². The average molecular weight is 429 g/mol. The molecule has 0 aromatic carbocycles. The van der Waals surface area contributed by atoms with Crippen molar-refractivity contribution < 1.29 is 19.4 Å². The van der Waals surface area contributed by atoms with E-state index in [-0.39, 0.29) is 34.9 Å². The lowest BCUT2D eigenvalue weighted by Crippen LogP contribution is -2.53. The van der Waals surface area contributed by atoms with Crippen LogP contribution < -0.4 is 0 Å². The highest BCUT2D eigenvalue weighted by atomic mass is 16.7. The number of rotatable bonds is 0. The van der Waals surface area contributed by atoms with Crippen molar-refractivity contribution in [3.8, 4) is 0 Å². The SMILES string of the molecule is CC1CCC2(OC1)OC1CC3C4CCC5CC(O)CCC5(C)C4=CC(=O)C3(C)C1C2C. The minimum absolute atomic E-state index is 0.0904. The van der Waals surface area contributed by atoms with Crippen molar-refractivity contribution in [1.29, 1.82) is 0 Å². The molecule has 11 atom stereocenters. The van der Waals surface area contributed by atoms with Crippen molar-refractivity contribution in [3.63, 3.8) is 0 Å². The molecule has 2 saturated heterocycles. The van der Waals surface area contributed by atoms with E-state index in [0.717, 1.165) is 45.1 Å². The fourth-order valence-corrected chi connectivity index (χ4v) is 9.28. The fourth-order valence-electron chi connectivity index (χ4n) is 9.28. The molecule has 31 heavy (non-hydrogen) atoms. The third-order valence-electron chi connectivity index (χ3n) is 11.2. The summed E-state index contributed by atoms with van der Waals surface area (Å²) in [7, 11) is 0. The van der Waals surface area contributed by atoms with E-state index < -0.39 is 5.79 Å². The monoisotopic (exact) mass is 428 g/mol. The predicted molar refractivity (Wildman–Crippen MR) is 118 cm³/mol. The maximum absolute atomic E-state index is 13.9. The third-order valence-corrected chi connectivity index (χ3v) is 11.2. The molecule has 1 spiro atoms. The highest BCUT2D eigenvalue weighted by molar-refractivity contribution is 5.97. The van der Waals surface area contributed by atoms with E-state index in [0.29, 0.717) is 29.5 Å². The molecule has 4 heteroatoms. The van der Waals surface area contributed by atoms with Crippen LogP contribution in [0.25, 0.3) is 0 Å². The molecule has 6 aliphatic rings. The first-order valence-corrected chi connectivity index (χ1v) is 13.0. The summed E-state index contributed by atoms with van der Waals surface area (Å²) in [5.74, 6) is 2.41. The molecule has 0 bridgehead atoms. The second-order valence-corrected chi connectivity index (χ2v) is 12.6. The van der Waals surface area contributed by atoms with Gasteiger partial charge in [0.2, 0.25) is 0 Å². The van der Waals surface area contributed by atoms with Crippen LogP contribution in [0.5, 0.6) is 0 Å². The molecular weight excluding hydrogens is 388 g/mol. The molecule has 0 aromatic heterocycles. The number of allylic oxidation sites excluding steroid dienone is 2. The average Bonchev–Trinajstić information content (AvgIpc) is 3.18. The quantitative estimate of drug-likeness (QED) is 0.597. The van der Waals surface area contributed by atoms with Gasteiger partial charge in [0, 0.05) is 23.7 Å². The number of ketones is 1. The molecule has 2 aliphatic heterocycles. The summed E-state index contributed by atoms with van der Waals surface area (Å²) in [6.45, 7) is 9.97. The summed E-state index contributed by atoms with van der Waals surface area (Å²) >= 11 is 0. The Hall–Kier alpha value is -0.710. The molecule has 3 saturated carbocycles. The maximum Gasteiger partial charge on any atom is 0.171 e. The van der Waals surface area contributed by atoms with E-state index in [1.165, 1.54) is 18.4 Å². The van der Waals surface area contributed by atoms with Gasteiger partial charge in [-0.05, 0) is 80.1 Å². The van der Waals surface area contributed by atoms with Crippen molar-refractivity contribution in [2.75, 3.05) is 6.61 Å². The Balaban J connectivity index is 1.34. The van der Waals surface area contributed by atoms with Crippen LogP contribution in [0.1, 0.15) is 79.1 Å². The Labute approximate surface area is 187 Å². The van der Waals surface area contributed by atoms with Gasteiger partial charge >= 0.3 is 0 Å². The molecule has 2 heterocycles. The van der Waals surface area contributed by atoms with Crippen molar-refractivity contribution >= 4 is 5.78 Å². The Morgan fingerprint density at radius 1 is 1.06 bits per heavy atom. The Kier molecular flexibility index (Phi) is 4.49. The van der Waals surface area contributed by atoms with Gasteiger partial charge in [-0.25, -0.2) is 0 Å². The normalized spacial score (nSPS) is 58.4. The van der Waals surface area contributed by atoms with Gasteiger partial charge in [-0.3, -0.25) is 4.79 Å². The molecule has 4 aliphatic carbocycles. The molecule has 4 nitrogen and oxygen atoms in total. The zero-order chi connectivity index (χ0) is 21.8. The predicted octanol–water partition coefficient (Wildman–Crippen LogP) is 4.89. The maximum atomic E-state index is 13.9. The summed E-state index contributed by atoms with van der Waals surface area (Å²) in [6.07, 6.45) is 10.3. The van der Waals surface area contributed by atoms with Crippen molar-refractivity contribution in [3.05, 3.63) is 11.6 Å². The lowest BCUT2D eigenvalue weighted by Gasteiger charge is -2.56. The van der Waals surface area contributed by atoms with E-state index >= 15 is 0 Å². The standard InChI is InChI=1S/C27H40O4/c1-15-7-10-27(30-14-15)16(2)24-22(31-27)12-21-19-6-5-17-11-18(28)8-9-25(17,3)20(19)13-23(29)26(21,24)4/h13,15-19,21-22,24,28H,5-12,14H2,1-4H3. The number of hydrogen-bond donors (Lipinski definition) is 1. The molecule has 1 N–H and O–H groups in total. The van der Waals surface area contributed by atoms with Gasteiger partial charge in [-0.1, -0.05) is 33.3 Å². The van der Waals surface area contributed by atoms with E-state index in [1.807, 2.05) is 0 Å². The molecule has 0 aromatic rings. The zero-order valence-corrected chi connectivity index (χ0v) is 19.7. The summed E-state index contributed by atoms with van der Waals surface area (Å²) in [4.78, 5) is 13.9. The van der Waals surface area contributed by atoms with Gasteiger partial charge < -0.3 is 14.6 Å². The number of aliphatic hydroxyl groups is 1. The lowest BCUT2D eigenvalue weighted by atomic mass is 9.48. The summed E-state index contributed by atoms with van der Waals surface area (Å²) < 4.78 is 13.2. The topological polar surface area (TPSA) is 55.8 Å². The van der Waals surface area contributed by atoms with Gasteiger partial charge in [-0.15, -0.1) is 0 Å². The van der Waals surface area contributed by atoms with Crippen LogP contribution in [0, 0.1) is 46.3 Å². The highest BCUT2D eigenvalue weighted by Crippen LogP contribution is 2.69. The highest BCUT2D eigenvalue weighted by Gasteiger charge is 2.70. The van der Waals surface area contributed by atoms with Crippen LogP contribution in [0.2, 0.25) is 0 Å². The van der Waals surface area contributed by atoms with E-state index in [1.54, 1.807) is 0 Å². The molecular formula is C27H40O4. The molecule has 172 valence electrons. The Morgan fingerprint density at radius 2 is 1.87 bits per heavy atom. The molecule has 5 fully saturated rings. The summed E-state index contributed by atoms with van der Waals surface area (Å²) in [5, 5.41) is 10.3. The zero-order valence-electron chi connectivity index (χ0n) is 19.7. The van der Waals surface area contributed by atoms with Crippen LogP contribution in [-0.4, -0.2) is 35.5 Å². The number of carbonyl (C=O) groups is 1. The van der Waals surface area contributed by atoms with E-state index in [4.69, 9.17) is 9.47 Å². The largest absolute Gasteiger partial charge is 0.393 e. The first kappa shape index (κ1) is 20.9. The summed E-state index contributed by atoms with van der Waals surface area (Å²) in [5.41, 5.74) is 1.19. The second-order valence-electron chi connectivity index (χ2n) is 12.6. The number of carbonyl (C=O) groups excluding carboxylic acids is 1. The van der Waals surface area contributed by atoms with Crippen LogP contribution in [-0.2, 0) is 14.3 Å². The molecule has 6 rings (SSSR count). The van der Waals surface area contributed by atoms with Gasteiger partial charge in [0.1, 0.15) is 0 Å². The number of fused-ring (bicyclic) bond motifs is 7. The van der Waals surface area contributed by atoms with Crippen LogP contribution in [0.3, 0.4) is 0 Å². The smallest absolute Gasteiger partial charge is 0.171 e. The molecule has 0 radical (unpaired) electrons. The Morgan fingerprint density at radius 3 is 2.61 bits per heavy atom. The van der Waals surface area contributed by atoms with Crippen LogP contribution >= 0.6 is 0 Å². The van der Waals surface area contributed by atoms with Gasteiger partial charge in [0.15, 0.2) is 11.6 Å². The van der Waals surface area contributed by atoms with E-state index in [2.05, 4.69) is 33.8 Å². The second kappa shape index (κ2) is 6.67. The minimum atomic E-state index is -0.469. The van der Waals surface area contributed by atoms with Gasteiger partial charge in [-0.2, -0.15) is 0 Å². The molecule has 0 amide bonds. The van der Waals surface area contributed by atoms with Crippen molar-refractivity contribution in [1.82, 2.24) is 0 Å². The van der Waals surface area contributed by atoms with Crippen LogP contribution in [0.15, 0.2) is 11.6 Å². The number of aliphatic hydroxyl groups excluding tert-OH is 1. The summed E-state index contributed by atoms with van der Waals surface area (Å²) in [6, 6.07) is 0. The van der Waals surface area contributed by atoms with Crippen molar-refractivity contribution in [2.24, 2.45) is 46.3 Å². The fraction of sp³-hybridized carbons (Fsp3) is 0.889. The van der Waals surface area contributed by atoms with E-state index in [9.17, 15) is 9.90 Å². The molecule has 11 unspecified atom stereocenters. The van der Waals surface area contributed by atoms with Gasteiger partial charge in [0.05, 0.1) is 18.8 Å². The Bertz CT molecular complexity index is 810. The number of hydrogen-bond acceptors (Lipinski definition) is 4. The lowest BCUT2D eigenvalue weighted by molar-refractivity contribution is -0.271. The first-order valence-electron chi connectivity index (χ1n) is 13.0. The first-order chi connectivity index (χ1) is 14.7. The number of ether oxygens (including phenoxy) is 2. The third kappa shape index (κ3) is 2.62. The minimum Gasteiger partial charge on any atom is -0.393 e. The van der Waals surface area contributed by atoms with Gasteiger partial charge in [0.25, 0.3) is 0 Å². The van der Waals surface area contributed by atoms with Crippen molar-refractivity contribution in [2.45, 2.75) is 97.1 Å².